The Kier molecular flexibility index (Phi) is 8.70. The van der Waals surface area contributed by atoms with Gasteiger partial charge in [0, 0.05) is 28.6 Å². The van der Waals surface area contributed by atoms with Crippen LogP contribution in [0.2, 0.25) is 10.0 Å². The third-order valence-corrected chi connectivity index (χ3v) is 7.92. The molecule has 0 aliphatic heterocycles. The van der Waals surface area contributed by atoms with Gasteiger partial charge in [-0.1, -0.05) is 47.5 Å². The Morgan fingerprint density at radius 3 is 2.55 bits per heavy atom. The maximum Gasteiger partial charge on any atom is 0.263 e. The van der Waals surface area contributed by atoms with E-state index in [1.54, 1.807) is 17.8 Å². The Morgan fingerprint density at radius 2 is 1.79 bits per heavy atom. The number of benzene rings is 3. The van der Waals surface area contributed by atoms with E-state index in [1.807, 2.05) is 50.2 Å². The summed E-state index contributed by atoms with van der Waals surface area (Å²) in [5, 5.41) is 3.56. The Labute approximate surface area is 208 Å². The SMILES string of the molecule is Cc1ccc(C)c(NS(=O)(=O)c2cc(C(=O)NCCSCc3cccc(Cl)c3)ccc2Cl)c1. The summed E-state index contributed by atoms with van der Waals surface area (Å²) in [7, 11) is -3.98. The highest BCUT2D eigenvalue weighted by Crippen LogP contribution is 2.27. The highest BCUT2D eigenvalue weighted by atomic mass is 35.5. The number of hydrogen-bond donors (Lipinski definition) is 2. The number of carbonyl (C=O) groups is 1. The summed E-state index contributed by atoms with van der Waals surface area (Å²) >= 11 is 13.8. The molecule has 33 heavy (non-hydrogen) atoms. The molecule has 3 aromatic carbocycles. The van der Waals surface area contributed by atoms with E-state index in [0.29, 0.717) is 23.0 Å². The fourth-order valence-corrected chi connectivity index (χ4v) is 5.72. The Morgan fingerprint density at radius 1 is 1.00 bits per heavy atom. The second-order valence-corrected chi connectivity index (χ2v) is 11.1. The molecule has 0 unspecified atom stereocenters. The molecule has 0 heterocycles. The third-order valence-electron chi connectivity index (χ3n) is 4.81. The number of anilines is 1. The number of thioether (sulfide) groups is 1. The van der Waals surface area contributed by atoms with Crippen molar-refractivity contribution in [3.05, 3.63) is 93.0 Å². The minimum Gasteiger partial charge on any atom is -0.351 e. The number of nitrogens with one attached hydrogen (secondary N) is 2. The number of carbonyl (C=O) groups excluding carboxylic acids is 1. The van der Waals surface area contributed by atoms with E-state index in [0.717, 1.165) is 22.4 Å². The van der Waals surface area contributed by atoms with Crippen LogP contribution in [-0.2, 0) is 15.8 Å². The Hall–Kier alpha value is -2.19. The molecule has 0 saturated carbocycles. The van der Waals surface area contributed by atoms with E-state index in [2.05, 4.69) is 10.0 Å². The zero-order valence-corrected chi connectivity index (χ0v) is 21.3. The number of sulfonamides is 1. The van der Waals surface area contributed by atoms with Crippen molar-refractivity contribution in [1.29, 1.82) is 0 Å². The summed E-state index contributed by atoms with van der Waals surface area (Å²) in [5.41, 5.74) is 3.51. The van der Waals surface area contributed by atoms with Gasteiger partial charge < -0.3 is 5.32 Å². The van der Waals surface area contributed by atoms with Crippen LogP contribution in [0.4, 0.5) is 5.69 Å². The van der Waals surface area contributed by atoms with E-state index in [4.69, 9.17) is 23.2 Å². The van der Waals surface area contributed by atoms with E-state index in [-0.39, 0.29) is 21.4 Å². The fraction of sp³-hybridized carbons (Fsp3) is 0.208. The molecule has 0 fully saturated rings. The van der Waals surface area contributed by atoms with Gasteiger partial charge in [0.25, 0.3) is 15.9 Å². The molecule has 9 heteroatoms. The van der Waals surface area contributed by atoms with Gasteiger partial charge in [-0.3, -0.25) is 9.52 Å². The zero-order valence-electron chi connectivity index (χ0n) is 18.2. The first-order valence-electron chi connectivity index (χ1n) is 10.2. The summed E-state index contributed by atoms with van der Waals surface area (Å²) in [4.78, 5) is 12.4. The van der Waals surface area contributed by atoms with E-state index >= 15 is 0 Å². The maximum absolute atomic E-state index is 13.0. The van der Waals surface area contributed by atoms with Gasteiger partial charge in [0.15, 0.2) is 0 Å². The summed E-state index contributed by atoms with van der Waals surface area (Å²) < 4.78 is 28.5. The van der Waals surface area contributed by atoms with Crippen molar-refractivity contribution >= 4 is 56.6 Å². The molecule has 0 aliphatic carbocycles. The molecule has 2 N–H and O–H groups in total. The predicted octanol–water partition coefficient (Wildman–Crippen LogP) is 6.07. The summed E-state index contributed by atoms with van der Waals surface area (Å²) in [6.07, 6.45) is 0. The molecule has 0 aromatic heterocycles. The van der Waals surface area contributed by atoms with Gasteiger partial charge in [0.1, 0.15) is 4.90 Å². The summed E-state index contributed by atoms with van der Waals surface area (Å²) in [6.45, 7) is 4.13. The van der Waals surface area contributed by atoms with Crippen LogP contribution in [0.5, 0.6) is 0 Å². The summed E-state index contributed by atoms with van der Waals surface area (Å²) in [5.74, 6) is 1.12. The molecule has 3 rings (SSSR count). The van der Waals surface area contributed by atoms with Crippen molar-refractivity contribution in [2.45, 2.75) is 24.5 Å². The standard InChI is InChI=1S/C24H24Cl2N2O3S2/c1-16-6-7-17(2)22(12-16)28-33(30,31)23-14-19(8-9-21(23)26)24(29)27-10-11-32-15-18-4-3-5-20(25)13-18/h3-9,12-14,28H,10-11,15H2,1-2H3,(H,27,29). The first kappa shape index (κ1) is 25.4. The topological polar surface area (TPSA) is 75.3 Å². The summed E-state index contributed by atoms with van der Waals surface area (Å²) in [6, 6.07) is 17.4. The molecule has 3 aromatic rings. The number of amides is 1. The molecular weight excluding hydrogens is 499 g/mol. The molecule has 0 spiro atoms. The van der Waals surface area contributed by atoms with Gasteiger partial charge in [-0.05, 0) is 66.9 Å². The Balaban J connectivity index is 1.62. The lowest BCUT2D eigenvalue weighted by atomic mass is 10.1. The van der Waals surface area contributed by atoms with Crippen molar-refractivity contribution in [2.24, 2.45) is 0 Å². The highest BCUT2D eigenvalue weighted by Gasteiger charge is 2.21. The minimum atomic E-state index is -3.98. The second-order valence-electron chi connectivity index (χ2n) is 7.51. The minimum absolute atomic E-state index is 0.0430. The fourth-order valence-electron chi connectivity index (χ4n) is 3.05. The van der Waals surface area contributed by atoms with Crippen molar-refractivity contribution in [2.75, 3.05) is 17.0 Å². The molecule has 1 amide bonds. The van der Waals surface area contributed by atoms with Crippen LogP contribution in [0, 0.1) is 13.8 Å². The number of halogens is 2. The van der Waals surface area contributed by atoms with E-state index in [1.165, 1.54) is 18.2 Å². The average Bonchev–Trinajstić information content (AvgIpc) is 2.76. The van der Waals surface area contributed by atoms with Crippen LogP contribution in [0.3, 0.4) is 0 Å². The lowest BCUT2D eigenvalue weighted by Crippen LogP contribution is -2.26. The molecule has 0 bridgehead atoms. The monoisotopic (exact) mass is 522 g/mol. The molecule has 0 aliphatic rings. The van der Waals surface area contributed by atoms with Crippen LogP contribution < -0.4 is 10.0 Å². The van der Waals surface area contributed by atoms with Crippen LogP contribution in [0.15, 0.2) is 65.6 Å². The zero-order chi connectivity index (χ0) is 24.0. The molecule has 0 saturated heterocycles. The van der Waals surface area contributed by atoms with Gasteiger partial charge in [0.05, 0.1) is 10.7 Å². The van der Waals surface area contributed by atoms with Gasteiger partial charge in [0.2, 0.25) is 0 Å². The maximum atomic E-state index is 13.0. The first-order valence-corrected chi connectivity index (χ1v) is 13.5. The lowest BCUT2D eigenvalue weighted by molar-refractivity contribution is 0.0956. The normalized spacial score (nSPS) is 11.3. The largest absolute Gasteiger partial charge is 0.351 e. The lowest BCUT2D eigenvalue weighted by Gasteiger charge is -2.13. The molecule has 5 nitrogen and oxygen atoms in total. The van der Waals surface area contributed by atoms with Crippen molar-refractivity contribution in [3.8, 4) is 0 Å². The smallest absolute Gasteiger partial charge is 0.263 e. The van der Waals surface area contributed by atoms with Crippen LogP contribution >= 0.6 is 35.0 Å². The van der Waals surface area contributed by atoms with Gasteiger partial charge in [-0.25, -0.2) is 8.42 Å². The third kappa shape index (κ3) is 7.14. The van der Waals surface area contributed by atoms with Gasteiger partial charge in [-0.2, -0.15) is 11.8 Å². The van der Waals surface area contributed by atoms with Crippen LogP contribution in [0.25, 0.3) is 0 Å². The Bertz CT molecular complexity index is 1260. The molecule has 174 valence electrons. The number of hydrogen-bond acceptors (Lipinski definition) is 4. The van der Waals surface area contributed by atoms with Crippen molar-refractivity contribution in [3.63, 3.8) is 0 Å². The number of rotatable bonds is 9. The second kappa shape index (κ2) is 11.3. The van der Waals surface area contributed by atoms with Crippen LogP contribution in [-0.4, -0.2) is 26.6 Å². The van der Waals surface area contributed by atoms with Gasteiger partial charge in [-0.15, -0.1) is 0 Å². The quantitative estimate of drug-likeness (QED) is 0.334. The highest BCUT2D eigenvalue weighted by molar-refractivity contribution is 7.98. The van der Waals surface area contributed by atoms with E-state index in [9.17, 15) is 13.2 Å². The molecular formula is C24H24Cl2N2O3S2. The van der Waals surface area contributed by atoms with Gasteiger partial charge >= 0.3 is 0 Å². The van der Waals surface area contributed by atoms with Crippen molar-refractivity contribution in [1.82, 2.24) is 5.32 Å². The molecule has 0 radical (unpaired) electrons. The average molecular weight is 524 g/mol. The van der Waals surface area contributed by atoms with Crippen LogP contribution in [0.1, 0.15) is 27.0 Å². The number of aryl methyl sites for hydroxylation is 2. The molecule has 0 atom stereocenters. The first-order chi connectivity index (χ1) is 15.7. The van der Waals surface area contributed by atoms with E-state index < -0.39 is 10.0 Å². The predicted molar refractivity (Wildman–Crippen MR) is 138 cm³/mol. The van der Waals surface area contributed by atoms with Crippen molar-refractivity contribution < 1.29 is 13.2 Å².